The van der Waals surface area contributed by atoms with E-state index in [1.165, 1.54) is 12.1 Å². The first kappa shape index (κ1) is 13.6. The number of benzene rings is 1. The Labute approximate surface area is 104 Å². The Kier molecular flexibility index (Phi) is 4.89. The maximum Gasteiger partial charge on any atom is 0.123 e. The fraction of sp³-hybridized carbons (Fsp3) is 0.500. The van der Waals surface area contributed by atoms with Crippen LogP contribution in [0.25, 0.3) is 0 Å². The van der Waals surface area contributed by atoms with Gasteiger partial charge in [0.25, 0.3) is 0 Å². The van der Waals surface area contributed by atoms with E-state index in [9.17, 15) is 9.50 Å². The van der Waals surface area contributed by atoms with Gasteiger partial charge in [-0.25, -0.2) is 4.39 Å². The van der Waals surface area contributed by atoms with Crippen LogP contribution < -0.4 is 5.32 Å². The van der Waals surface area contributed by atoms with E-state index in [0.29, 0.717) is 13.0 Å². The lowest BCUT2D eigenvalue weighted by molar-refractivity contribution is 0.0605. The molecule has 1 rings (SSSR count). The van der Waals surface area contributed by atoms with Gasteiger partial charge in [0.05, 0.1) is 5.60 Å². The Hall–Kier alpha value is -0.450. The zero-order valence-electron chi connectivity index (χ0n) is 9.56. The fourth-order valence-electron chi connectivity index (χ4n) is 1.55. The van der Waals surface area contributed by atoms with Gasteiger partial charge in [-0.05, 0) is 37.2 Å². The molecule has 0 fully saturated rings. The van der Waals surface area contributed by atoms with Crippen molar-refractivity contribution in [2.75, 3.05) is 13.1 Å². The van der Waals surface area contributed by atoms with Gasteiger partial charge in [0.15, 0.2) is 0 Å². The van der Waals surface area contributed by atoms with Gasteiger partial charge in [-0.3, -0.25) is 0 Å². The molecule has 0 radical (unpaired) electrons. The Bertz CT molecular complexity index is 355. The molecule has 2 nitrogen and oxygen atoms in total. The van der Waals surface area contributed by atoms with E-state index >= 15 is 0 Å². The van der Waals surface area contributed by atoms with Gasteiger partial charge >= 0.3 is 0 Å². The summed E-state index contributed by atoms with van der Waals surface area (Å²) in [4.78, 5) is 0. The summed E-state index contributed by atoms with van der Waals surface area (Å²) < 4.78 is 13.9. The van der Waals surface area contributed by atoms with Crippen molar-refractivity contribution < 1.29 is 9.50 Å². The Morgan fingerprint density at radius 2 is 2.19 bits per heavy atom. The summed E-state index contributed by atoms with van der Waals surface area (Å²) in [7, 11) is 0. The third-order valence-corrected chi connectivity index (χ3v) is 3.11. The summed E-state index contributed by atoms with van der Waals surface area (Å²) in [5, 5.41) is 13.2. The van der Waals surface area contributed by atoms with E-state index < -0.39 is 5.60 Å². The lowest BCUT2D eigenvalue weighted by Crippen LogP contribution is -2.39. The van der Waals surface area contributed by atoms with Gasteiger partial charge in [-0.1, -0.05) is 22.9 Å². The second-order valence-corrected chi connectivity index (χ2v) is 5.04. The number of nitrogens with one attached hydrogen (secondary N) is 1. The summed E-state index contributed by atoms with van der Waals surface area (Å²) in [5.74, 6) is -0.280. The smallest absolute Gasteiger partial charge is 0.123 e. The van der Waals surface area contributed by atoms with Crippen LogP contribution in [-0.4, -0.2) is 23.8 Å². The topological polar surface area (TPSA) is 32.3 Å². The van der Waals surface area contributed by atoms with Crippen molar-refractivity contribution >= 4 is 15.9 Å². The highest BCUT2D eigenvalue weighted by atomic mass is 79.9. The van der Waals surface area contributed by atoms with Crippen molar-refractivity contribution in [1.29, 1.82) is 0 Å². The molecule has 1 unspecified atom stereocenters. The molecule has 0 heterocycles. The van der Waals surface area contributed by atoms with Gasteiger partial charge in [0.2, 0.25) is 0 Å². The molecule has 0 saturated carbocycles. The Morgan fingerprint density at radius 1 is 1.50 bits per heavy atom. The lowest BCUT2D eigenvalue weighted by atomic mass is 9.96. The van der Waals surface area contributed by atoms with Gasteiger partial charge < -0.3 is 10.4 Å². The third kappa shape index (κ3) is 4.20. The van der Waals surface area contributed by atoms with Crippen molar-refractivity contribution in [3.05, 3.63) is 34.1 Å². The number of hydrogen-bond acceptors (Lipinski definition) is 2. The molecule has 4 heteroatoms. The summed E-state index contributed by atoms with van der Waals surface area (Å²) in [6.45, 7) is 5.02. The molecular weight excluding hydrogens is 273 g/mol. The second-order valence-electron chi connectivity index (χ2n) is 4.19. The van der Waals surface area contributed by atoms with Gasteiger partial charge in [0, 0.05) is 17.4 Å². The fourth-order valence-corrected chi connectivity index (χ4v) is 1.93. The van der Waals surface area contributed by atoms with Crippen molar-refractivity contribution in [2.45, 2.75) is 25.9 Å². The van der Waals surface area contributed by atoms with Gasteiger partial charge in [-0.15, -0.1) is 0 Å². The first-order valence-electron chi connectivity index (χ1n) is 5.31. The van der Waals surface area contributed by atoms with Gasteiger partial charge in [0.1, 0.15) is 5.82 Å². The molecule has 2 N–H and O–H groups in total. The van der Waals surface area contributed by atoms with Crippen molar-refractivity contribution in [2.24, 2.45) is 0 Å². The predicted octanol–water partition coefficient (Wildman–Crippen LogP) is 2.49. The SMILES string of the molecule is CCNCC(C)(O)Cc1cc(F)ccc1Br. The predicted molar refractivity (Wildman–Crippen MR) is 67.0 cm³/mol. The van der Waals surface area contributed by atoms with Crippen LogP contribution in [-0.2, 0) is 6.42 Å². The van der Waals surface area contributed by atoms with E-state index in [1.807, 2.05) is 6.92 Å². The first-order chi connectivity index (χ1) is 7.44. The highest BCUT2D eigenvalue weighted by Gasteiger charge is 2.21. The molecule has 0 aromatic heterocycles. The molecule has 0 aliphatic rings. The minimum atomic E-state index is -0.869. The standard InChI is InChI=1S/C12H17BrFNO/c1-3-15-8-12(2,16)7-9-6-10(14)4-5-11(9)13/h4-6,15-16H,3,7-8H2,1-2H3. The van der Waals surface area contributed by atoms with Crippen molar-refractivity contribution in [3.63, 3.8) is 0 Å². The van der Waals surface area contributed by atoms with Crippen molar-refractivity contribution in [1.82, 2.24) is 5.32 Å². The third-order valence-electron chi connectivity index (χ3n) is 2.33. The number of rotatable bonds is 5. The normalized spacial score (nSPS) is 14.8. The molecule has 1 aromatic rings. The van der Waals surface area contributed by atoms with Crippen LogP contribution in [0.3, 0.4) is 0 Å². The molecule has 16 heavy (non-hydrogen) atoms. The summed E-state index contributed by atoms with van der Waals surface area (Å²) in [6, 6.07) is 4.51. The number of likely N-dealkylation sites (N-methyl/N-ethyl adjacent to an activating group) is 1. The van der Waals surface area contributed by atoms with Crippen LogP contribution in [0.5, 0.6) is 0 Å². The highest BCUT2D eigenvalue weighted by molar-refractivity contribution is 9.10. The van der Waals surface area contributed by atoms with E-state index in [-0.39, 0.29) is 5.82 Å². The van der Waals surface area contributed by atoms with Crippen LogP contribution in [0.4, 0.5) is 4.39 Å². The second kappa shape index (κ2) is 5.75. The molecule has 1 atom stereocenters. The molecule has 0 aliphatic heterocycles. The Morgan fingerprint density at radius 3 is 2.81 bits per heavy atom. The summed E-state index contributed by atoms with van der Waals surface area (Å²) in [6.07, 6.45) is 0.415. The van der Waals surface area contributed by atoms with Crippen LogP contribution >= 0.6 is 15.9 Å². The maximum absolute atomic E-state index is 13.1. The van der Waals surface area contributed by atoms with E-state index in [1.54, 1.807) is 13.0 Å². The molecule has 0 saturated heterocycles. The zero-order chi connectivity index (χ0) is 12.2. The van der Waals surface area contributed by atoms with Crippen LogP contribution in [0, 0.1) is 5.82 Å². The molecule has 0 spiro atoms. The molecule has 1 aromatic carbocycles. The number of aliphatic hydroxyl groups is 1. The largest absolute Gasteiger partial charge is 0.389 e. The highest BCUT2D eigenvalue weighted by Crippen LogP contribution is 2.22. The van der Waals surface area contributed by atoms with Crippen LogP contribution in [0.1, 0.15) is 19.4 Å². The zero-order valence-corrected chi connectivity index (χ0v) is 11.1. The lowest BCUT2D eigenvalue weighted by Gasteiger charge is -2.24. The summed E-state index contributed by atoms with van der Waals surface area (Å²) in [5.41, 5.74) is -0.0883. The van der Waals surface area contributed by atoms with Crippen LogP contribution in [0.2, 0.25) is 0 Å². The minimum absolute atomic E-state index is 0.280. The average Bonchev–Trinajstić information content (AvgIpc) is 2.20. The monoisotopic (exact) mass is 289 g/mol. The molecule has 0 aliphatic carbocycles. The van der Waals surface area contributed by atoms with Crippen molar-refractivity contribution in [3.8, 4) is 0 Å². The number of hydrogen-bond donors (Lipinski definition) is 2. The quantitative estimate of drug-likeness (QED) is 0.873. The number of halogens is 2. The van der Waals surface area contributed by atoms with Crippen LogP contribution in [0.15, 0.2) is 22.7 Å². The molecule has 0 bridgehead atoms. The molecule has 90 valence electrons. The molecular formula is C12H17BrFNO. The Balaban J connectivity index is 2.74. The molecule has 0 amide bonds. The summed E-state index contributed by atoms with van der Waals surface area (Å²) >= 11 is 3.35. The maximum atomic E-state index is 13.1. The average molecular weight is 290 g/mol. The first-order valence-corrected chi connectivity index (χ1v) is 6.11. The minimum Gasteiger partial charge on any atom is -0.389 e. The van der Waals surface area contributed by atoms with Gasteiger partial charge in [-0.2, -0.15) is 0 Å². The van der Waals surface area contributed by atoms with E-state index in [2.05, 4.69) is 21.2 Å². The van der Waals surface area contributed by atoms with E-state index in [0.717, 1.165) is 16.6 Å². The van der Waals surface area contributed by atoms with E-state index in [4.69, 9.17) is 0 Å².